The first-order chi connectivity index (χ1) is 15.7. The van der Waals surface area contributed by atoms with E-state index in [0.717, 1.165) is 32.0 Å². The maximum Gasteiger partial charge on any atom is 0.173 e. The molecule has 0 aliphatic heterocycles. The number of ketones is 2. The molecule has 0 fully saturated rings. The summed E-state index contributed by atoms with van der Waals surface area (Å²) < 4.78 is 0. The lowest BCUT2D eigenvalue weighted by Gasteiger charge is -2.06. The van der Waals surface area contributed by atoms with Crippen LogP contribution in [0.3, 0.4) is 0 Å². The normalized spacial score (nSPS) is 10.6. The number of hydrogen-bond donors (Lipinski definition) is 0. The highest BCUT2D eigenvalue weighted by Crippen LogP contribution is 2.27. The standard InChI is InChI=1S/C28H22O2S2/c29-27(23-7-3-1-4-8-23)19-31-25-15-11-21(12-16-25)22-13-17-26(18-14-22)32-20-28(30)24-9-5-2-6-10-24/h1-18H,19-20H2. The van der Waals surface area contributed by atoms with Crippen LogP contribution in [0.15, 0.2) is 119 Å². The predicted molar refractivity (Wildman–Crippen MR) is 135 cm³/mol. The van der Waals surface area contributed by atoms with E-state index in [1.807, 2.05) is 60.7 Å². The molecule has 0 saturated heterocycles. The molecular formula is C28H22O2S2. The van der Waals surface area contributed by atoms with E-state index >= 15 is 0 Å². The summed E-state index contributed by atoms with van der Waals surface area (Å²) in [6.07, 6.45) is 0. The van der Waals surface area contributed by atoms with E-state index in [9.17, 15) is 9.59 Å². The van der Waals surface area contributed by atoms with Gasteiger partial charge in [0.05, 0.1) is 11.5 Å². The van der Waals surface area contributed by atoms with Gasteiger partial charge >= 0.3 is 0 Å². The molecule has 0 bridgehead atoms. The third-order valence-corrected chi connectivity index (χ3v) is 7.00. The molecular weight excluding hydrogens is 432 g/mol. The van der Waals surface area contributed by atoms with Crippen molar-refractivity contribution in [2.45, 2.75) is 9.79 Å². The van der Waals surface area contributed by atoms with Gasteiger partial charge in [-0.05, 0) is 35.4 Å². The molecule has 0 unspecified atom stereocenters. The number of carbonyl (C=O) groups excluding carboxylic acids is 2. The quantitative estimate of drug-likeness (QED) is 0.196. The van der Waals surface area contributed by atoms with E-state index in [1.165, 1.54) is 0 Å². The second-order valence-electron chi connectivity index (χ2n) is 7.20. The third kappa shape index (κ3) is 6.00. The number of hydrogen-bond acceptors (Lipinski definition) is 4. The van der Waals surface area contributed by atoms with Crippen molar-refractivity contribution in [1.29, 1.82) is 0 Å². The van der Waals surface area contributed by atoms with Crippen molar-refractivity contribution < 1.29 is 9.59 Å². The van der Waals surface area contributed by atoms with Gasteiger partial charge in [0.25, 0.3) is 0 Å². The molecule has 4 aromatic carbocycles. The van der Waals surface area contributed by atoms with Crippen LogP contribution < -0.4 is 0 Å². The molecule has 0 radical (unpaired) electrons. The van der Waals surface area contributed by atoms with E-state index in [2.05, 4.69) is 48.5 Å². The van der Waals surface area contributed by atoms with Gasteiger partial charge in [0.2, 0.25) is 0 Å². The highest BCUT2D eigenvalue weighted by atomic mass is 32.2. The fourth-order valence-electron chi connectivity index (χ4n) is 3.20. The van der Waals surface area contributed by atoms with E-state index in [0.29, 0.717) is 11.5 Å². The van der Waals surface area contributed by atoms with Crippen molar-refractivity contribution in [1.82, 2.24) is 0 Å². The van der Waals surface area contributed by atoms with Gasteiger partial charge in [-0.2, -0.15) is 0 Å². The molecule has 0 aliphatic rings. The maximum absolute atomic E-state index is 12.3. The summed E-state index contributed by atoms with van der Waals surface area (Å²) in [7, 11) is 0. The zero-order valence-electron chi connectivity index (χ0n) is 17.4. The fourth-order valence-corrected chi connectivity index (χ4v) is 4.79. The Morgan fingerprint density at radius 1 is 0.469 bits per heavy atom. The minimum Gasteiger partial charge on any atom is -0.293 e. The van der Waals surface area contributed by atoms with Gasteiger partial charge in [-0.1, -0.05) is 84.9 Å². The van der Waals surface area contributed by atoms with Gasteiger partial charge in [-0.3, -0.25) is 9.59 Å². The zero-order chi connectivity index (χ0) is 22.2. The maximum atomic E-state index is 12.3. The predicted octanol–water partition coefficient (Wildman–Crippen LogP) is 7.30. The van der Waals surface area contributed by atoms with Crippen LogP contribution in [0, 0.1) is 0 Å². The Bertz CT molecular complexity index is 1070. The highest BCUT2D eigenvalue weighted by Gasteiger charge is 2.08. The Hall–Kier alpha value is -3.08. The summed E-state index contributed by atoms with van der Waals surface area (Å²) in [6, 6.07) is 35.3. The lowest BCUT2D eigenvalue weighted by molar-refractivity contribution is 0.101. The summed E-state index contributed by atoms with van der Waals surface area (Å²) in [6.45, 7) is 0. The number of rotatable bonds is 9. The lowest BCUT2D eigenvalue weighted by atomic mass is 10.1. The summed E-state index contributed by atoms with van der Waals surface area (Å²) in [5, 5.41) is 0. The Morgan fingerprint density at radius 3 is 1.16 bits per heavy atom. The van der Waals surface area contributed by atoms with Crippen LogP contribution in [0.4, 0.5) is 0 Å². The number of benzene rings is 4. The van der Waals surface area contributed by atoms with Crippen LogP contribution in [0.25, 0.3) is 11.1 Å². The molecule has 0 heterocycles. The number of thioether (sulfide) groups is 2. The Balaban J connectivity index is 1.31. The van der Waals surface area contributed by atoms with E-state index in [4.69, 9.17) is 0 Å². The first kappa shape index (κ1) is 22.1. The van der Waals surface area contributed by atoms with Crippen molar-refractivity contribution in [2.24, 2.45) is 0 Å². The van der Waals surface area contributed by atoms with Crippen LogP contribution in [-0.4, -0.2) is 23.1 Å². The van der Waals surface area contributed by atoms with Crippen molar-refractivity contribution in [3.8, 4) is 11.1 Å². The molecule has 158 valence electrons. The average molecular weight is 455 g/mol. The SMILES string of the molecule is O=C(CSc1ccc(-c2ccc(SCC(=O)c3ccccc3)cc2)cc1)c1ccccc1. The summed E-state index contributed by atoms with van der Waals surface area (Å²) in [5.41, 5.74) is 3.75. The smallest absolute Gasteiger partial charge is 0.173 e. The number of Topliss-reactive ketones (excluding diaryl/α,β-unsaturated/α-hetero) is 2. The van der Waals surface area contributed by atoms with Crippen LogP contribution in [0.2, 0.25) is 0 Å². The fraction of sp³-hybridized carbons (Fsp3) is 0.0714. The van der Waals surface area contributed by atoms with Crippen LogP contribution in [0.1, 0.15) is 20.7 Å². The Kier molecular flexibility index (Phi) is 7.59. The second kappa shape index (κ2) is 11.0. The highest BCUT2D eigenvalue weighted by molar-refractivity contribution is 8.00. The van der Waals surface area contributed by atoms with Gasteiger partial charge in [0.1, 0.15) is 0 Å². The van der Waals surface area contributed by atoms with Gasteiger partial charge in [0.15, 0.2) is 11.6 Å². The third-order valence-electron chi connectivity index (χ3n) is 4.97. The summed E-state index contributed by atoms with van der Waals surface area (Å²) in [5.74, 6) is 1.13. The molecule has 0 aliphatic carbocycles. The van der Waals surface area contributed by atoms with Crippen LogP contribution >= 0.6 is 23.5 Å². The Labute approximate surface area is 197 Å². The molecule has 32 heavy (non-hydrogen) atoms. The average Bonchev–Trinajstić information content (AvgIpc) is 2.87. The van der Waals surface area contributed by atoms with E-state index in [1.54, 1.807) is 23.5 Å². The molecule has 0 N–H and O–H groups in total. The molecule has 2 nitrogen and oxygen atoms in total. The minimum absolute atomic E-state index is 0.138. The van der Waals surface area contributed by atoms with Crippen molar-refractivity contribution in [2.75, 3.05) is 11.5 Å². The molecule has 4 rings (SSSR count). The molecule has 0 amide bonds. The van der Waals surface area contributed by atoms with E-state index < -0.39 is 0 Å². The van der Waals surface area contributed by atoms with Gasteiger partial charge in [-0.15, -0.1) is 23.5 Å². The van der Waals surface area contributed by atoms with E-state index in [-0.39, 0.29) is 11.6 Å². The number of carbonyl (C=O) groups is 2. The first-order valence-corrected chi connectivity index (χ1v) is 12.3. The van der Waals surface area contributed by atoms with Crippen molar-refractivity contribution >= 4 is 35.1 Å². The summed E-state index contributed by atoms with van der Waals surface area (Å²) >= 11 is 3.10. The second-order valence-corrected chi connectivity index (χ2v) is 9.30. The molecule has 4 heteroatoms. The zero-order valence-corrected chi connectivity index (χ0v) is 19.1. The van der Waals surface area contributed by atoms with Gasteiger partial charge in [-0.25, -0.2) is 0 Å². The first-order valence-electron chi connectivity index (χ1n) is 10.3. The minimum atomic E-state index is 0.138. The Morgan fingerprint density at radius 2 is 0.812 bits per heavy atom. The molecule has 4 aromatic rings. The van der Waals surface area contributed by atoms with Crippen molar-refractivity contribution in [3.63, 3.8) is 0 Å². The molecule has 0 atom stereocenters. The van der Waals surface area contributed by atoms with Crippen molar-refractivity contribution in [3.05, 3.63) is 120 Å². The molecule has 0 saturated carbocycles. The largest absolute Gasteiger partial charge is 0.293 e. The monoisotopic (exact) mass is 454 g/mol. The van der Waals surface area contributed by atoms with Crippen LogP contribution in [-0.2, 0) is 0 Å². The van der Waals surface area contributed by atoms with Crippen LogP contribution in [0.5, 0.6) is 0 Å². The molecule has 0 aromatic heterocycles. The van der Waals surface area contributed by atoms with Gasteiger partial charge < -0.3 is 0 Å². The molecule has 0 spiro atoms. The summed E-state index contributed by atoms with van der Waals surface area (Å²) in [4.78, 5) is 26.7. The lowest BCUT2D eigenvalue weighted by Crippen LogP contribution is -2.01. The van der Waals surface area contributed by atoms with Gasteiger partial charge in [0, 0.05) is 20.9 Å². The topological polar surface area (TPSA) is 34.1 Å².